The molecule has 5 rings (SSSR count). The summed E-state index contributed by atoms with van der Waals surface area (Å²) >= 11 is 6.64. The van der Waals surface area contributed by atoms with Gasteiger partial charge in [-0.1, -0.05) is 29.8 Å². The number of hydrogen-bond donors (Lipinski definition) is 1. The third kappa shape index (κ3) is 4.42. The molecule has 0 unspecified atom stereocenters. The molecule has 2 aromatic heterocycles. The molecule has 1 aliphatic carbocycles. The van der Waals surface area contributed by atoms with Crippen LogP contribution in [0.15, 0.2) is 36.4 Å². The van der Waals surface area contributed by atoms with Crippen molar-refractivity contribution in [3.8, 4) is 11.1 Å². The van der Waals surface area contributed by atoms with Crippen LogP contribution in [0.3, 0.4) is 0 Å². The van der Waals surface area contributed by atoms with Crippen molar-refractivity contribution in [2.24, 2.45) is 0 Å². The van der Waals surface area contributed by atoms with Gasteiger partial charge in [-0.05, 0) is 38.0 Å². The van der Waals surface area contributed by atoms with Crippen molar-refractivity contribution in [3.05, 3.63) is 47.2 Å². The molecule has 34 heavy (non-hydrogen) atoms. The number of halogens is 1. The van der Waals surface area contributed by atoms with Crippen molar-refractivity contribution in [1.29, 1.82) is 0 Å². The fourth-order valence-corrected chi connectivity index (χ4v) is 5.05. The van der Waals surface area contributed by atoms with E-state index >= 15 is 0 Å². The number of ether oxygens (including phenoxy) is 1. The van der Waals surface area contributed by atoms with Crippen molar-refractivity contribution in [2.45, 2.75) is 38.1 Å². The molecule has 3 aromatic rings. The summed E-state index contributed by atoms with van der Waals surface area (Å²) < 4.78 is 5.07. The first-order chi connectivity index (χ1) is 16.5. The van der Waals surface area contributed by atoms with Crippen LogP contribution in [0.2, 0.25) is 5.15 Å². The average molecular weight is 480 g/mol. The summed E-state index contributed by atoms with van der Waals surface area (Å²) in [6.07, 6.45) is 2.63. The molecule has 2 N–H and O–H groups in total. The minimum atomic E-state index is 0.0717. The van der Waals surface area contributed by atoms with E-state index in [0.717, 1.165) is 46.4 Å². The Labute approximate surface area is 204 Å². The number of fused-ring (bicyclic) bond motifs is 1. The zero-order chi connectivity index (χ0) is 23.8. The fourth-order valence-electron chi connectivity index (χ4n) is 4.80. The molecule has 0 spiro atoms. The molecule has 2 aliphatic rings. The number of piperazine rings is 1. The van der Waals surface area contributed by atoms with Gasteiger partial charge in [0.05, 0.1) is 29.9 Å². The van der Waals surface area contributed by atoms with Crippen molar-refractivity contribution < 1.29 is 9.53 Å². The van der Waals surface area contributed by atoms with E-state index < -0.39 is 0 Å². The largest absolute Gasteiger partial charge is 0.396 e. The Morgan fingerprint density at radius 1 is 1.18 bits per heavy atom. The molecule has 8 heteroatoms. The van der Waals surface area contributed by atoms with Crippen LogP contribution < -0.4 is 10.6 Å². The maximum absolute atomic E-state index is 12.5. The van der Waals surface area contributed by atoms with Gasteiger partial charge in [-0.2, -0.15) is 0 Å². The van der Waals surface area contributed by atoms with Gasteiger partial charge >= 0.3 is 0 Å². The number of pyridine rings is 2. The Morgan fingerprint density at radius 3 is 2.71 bits per heavy atom. The summed E-state index contributed by atoms with van der Waals surface area (Å²) in [5.74, 6) is 1.33. The molecule has 0 radical (unpaired) electrons. The van der Waals surface area contributed by atoms with Gasteiger partial charge in [-0.25, -0.2) is 9.97 Å². The lowest BCUT2D eigenvalue weighted by Crippen LogP contribution is -2.54. The van der Waals surface area contributed by atoms with Crippen LogP contribution in [0.1, 0.15) is 37.8 Å². The highest BCUT2D eigenvalue weighted by molar-refractivity contribution is 6.32. The summed E-state index contributed by atoms with van der Waals surface area (Å²) in [5.41, 5.74) is 10.9. The predicted octanol–water partition coefficient (Wildman–Crippen LogP) is 4.48. The van der Waals surface area contributed by atoms with Crippen LogP contribution in [0.5, 0.6) is 0 Å². The first-order valence-corrected chi connectivity index (χ1v) is 12.2. The van der Waals surface area contributed by atoms with E-state index in [1.165, 1.54) is 0 Å². The van der Waals surface area contributed by atoms with E-state index in [9.17, 15) is 4.79 Å². The van der Waals surface area contributed by atoms with Crippen molar-refractivity contribution in [3.63, 3.8) is 0 Å². The lowest BCUT2D eigenvalue weighted by molar-refractivity contribution is -0.134. The lowest BCUT2D eigenvalue weighted by Gasteiger charge is -2.41. The molecule has 1 aromatic carbocycles. The van der Waals surface area contributed by atoms with Crippen LogP contribution in [0.25, 0.3) is 22.0 Å². The Bertz CT molecular complexity index is 1230. The number of nitrogen functional groups attached to an aromatic ring is 1. The van der Waals surface area contributed by atoms with Crippen LogP contribution in [0, 0.1) is 0 Å². The zero-order valence-electron chi connectivity index (χ0n) is 19.6. The molecule has 1 aliphatic heterocycles. The van der Waals surface area contributed by atoms with Crippen molar-refractivity contribution >= 4 is 39.9 Å². The number of rotatable bonds is 6. The van der Waals surface area contributed by atoms with E-state index in [0.29, 0.717) is 49.4 Å². The number of benzene rings is 1. The second-order valence-corrected chi connectivity index (χ2v) is 9.61. The van der Waals surface area contributed by atoms with Gasteiger partial charge < -0.3 is 20.3 Å². The maximum Gasteiger partial charge on any atom is 0.225 e. The number of nitrogens with two attached hydrogens (primary N) is 1. The molecule has 178 valence electrons. The Hall–Kier alpha value is -2.90. The number of para-hydroxylation sites is 1. The third-order valence-electron chi connectivity index (χ3n) is 6.76. The standard InChI is InChI=1S/C26H30ClN5O2/c1-16-15-31(10-11-32(16)23(33)9-12-34-2)26-21(28)14-19(24(30-26)17-7-8-17)20-13-18-5-3-4-6-22(18)29-25(20)27/h3-6,13-14,16-17H,7-12,15,28H2,1-2H3/t16-/m1/s1. The third-order valence-corrected chi connectivity index (χ3v) is 7.05. The highest BCUT2D eigenvalue weighted by Gasteiger charge is 2.33. The molecule has 3 heterocycles. The molecule has 7 nitrogen and oxygen atoms in total. The number of carbonyl (C=O) groups excluding carboxylic acids is 1. The van der Waals surface area contributed by atoms with E-state index in [4.69, 9.17) is 27.1 Å². The normalized spacial score (nSPS) is 18.5. The minimum Gasteiger partial charge on any atom is -0.396 e. The minimum absolute atomic E-state index is 0.0717. The molecule has 1 atom stereocenters. The SMILES string of the molecule is COCCC(=O)N1CCN(c2nc(C3CC3)c(-c3cc4ccccc4nc3Cl)cc2N)C[C@H]1C. The summed E-state index contributed by atoms with van der Waals surface area (Å²) in [4.78, 5) is 26.4. The molecular weight excluding hydrogens is 450 g/mol. The van der Waals surface area contributed by atoms with E-state index in [1.54, 1.807) is 7.11 Å². The van der Waals surface area contributed by atoms with Crippen molar-refractivity contribution in [1.82, 2.24) is 14.9 Å². The van der Waals surface area contributed by atoms with Gasteiger partial charge in [-0.15, -0.1) is 0 Å². The average Bonchev–Trinajstić information content (AvgIpc) is 3.67. The van der Waals surface area contributed by atoms with E-state index in [-0.39, 0.29) is 11.9 Å². The highest BCUT2D eigenvalue weighted by atomic mass is 35.5. The van der Waals surface area contributed by atoms with E-state index in [2.05, 4.69) is 22.9 Å². The molecule has 0 bridgehead atoms. The number of carbonyl (C=O) groups is 1. The van der Waals surface area contributed by atoms with Gasteiger partial charge in [-0.3, -0.25) is 4.79 Å². The van der Waals surface area contributed by atoms with Gasteiger partial charge in [0.15, 0.2) is 5.82 Å². The van der Waals surface area contributed by atoms with Crippen LogP contribution in [-0.4, -0.2) is 60.2 Å². The number of nitrogens with zero attached hydrogens (tertiary/aromatic N) is 4. The Morgan fingerprint density at radius 2 is 1.97 bits per heavy atom. The summed E-state index contributed by atoms with van der Waals surface area (Å²) in [5, 5.41) is 1.50. The van der Waals surface area contributed by atoms with Crippen LogP contribution >= 0.6 is 11.6 Å². The highest BCUT2D eigenvalue weighted by Crippen LogP contribution is 2.46. The lowest BCUT2D eigenvalue weighted by atomic mass is 10.00. The maximum atomic E-state index is 12.5. The molecule has 1 saturated carbocycles. The van der Waals surface area contributed by atoms with E-state index in [1.807, 2.05) is 35.2 Å². The summed E-state index contributed by atoms with van der Waals surface area (Å²) in [6, 6.07) is 12.1. The van der Waals surface area contributed by atoms with Crippen LogP contribution in [0.4, 0.5) is 11.5 Å². The number of hydrogen-bond acceptors (Lipinski definition) is 6. The van der Waals surface area contributed by atoms with Crippen LogP contribution in [-0.2, 0) is 9.53 Å². The van der Waals surface area contributed by atoms with Gasteiger partial charge in [0.25, 0.3) is 0 Å². The first kappa shape index (κ1) is 22.9. The Kier molecular flexibility index (Phi) is 6.32. The molecule has 2 fully saturated rings. The second kappa shape index (κ2) is 9.39. The van der Waals surface area contributed by atoms with Gasteiger partial charge in [0.2, 0.25) is 5.91 Å². The van der Waals surface area contributed by atoms with Crippen molar-refractivity contribution in [2.75, 3.05) is 44.0 Å². The molecular formula is C26H30ClN5O2. The van der Waals surface area contributed by atoms with Gasteiger partial charge in [0.1, 0.15) is 5.15 Å². The summed E-state index contributed by atoms with van der Waals surface area (Å²) in [6.45, 7) is 4.55. The number of amides is 1. The molecule has 1 saturated heterocycles. The summed E-state index contributed by atoms with van der Waals surface area (Å²) in [7, 11) is 1.62. The zero-order valence-corrected chi connectivity index (χ0v) is 20.4. The quantitative estimate of drug-likeness (QED) is 0.524. The topological polar surface area (TPSA) is 84.6 Å². The number of anilines is 2. The monoisotopic (exact) mass is 479 g/mol. The number of methoxy groups -OCH3 is 1. The fraction of sp³-hybridized carbons (Fsp3) is 0.423. The predicted molar refractivity (Wildman–Crippen MR) is 136 cm³/mol. The first-order valence-electron chi connectivity index (χ1n) is 11.9. The number of aromatic nitrogens is 2. The molecule has 1 amide bonds. The van der Waals surface area contributed by atoms with Gasteiger partial charge in [0, 0.05) is 55.2 Å². The smallest absolute Gasteiger partial charge is 0.225 e. The Balaban J connectivity index is 1.46. The second-order valence-electron chi connectivity index (χ2n) is 9.25.